The number of halogens is 1. The van der Waals surface area contributed by atoms with E-state index in [1.165, 1.54) is 0 Å². The van der Waals surface area contributed by atoms with Crippen LogP contribution in [0.5, 0.6) is 0 Å². The van der Waals surface area contributed by atoms with Gasteiger partial charge in [0.25, 0.3) is 10.0 Å². The van der Waals surface area contributed by atoms with Gasteiger partial charge in [-0.15, -0.1) is 4.40 Å². The Bertz CT molecular complexity index is 863. The lowest BCUT2D eigenvalue weighted by molar-refractivity contribution is 0.0484. The minimum absolute atomic E-state index is 0.194. The molecule has 1 heterocycles. The van der Waals surface area contributed by atoms with Crippen LogP contribution in [0.25, 0.3) is 0 Å². The van der Waals surface area contributed by atoms with Gasteiger partial charge in [0.2, 0.25) is 5.90 Å². The summed E-state index contributed by atoms with van der Waals surface area (Å²) in [5, 5.41) is 0. The first-order valence-corrected chi connectivity index (χ1v) is 11.1. The third-order valence-corrected chi connectivity index (χ3v) is 6.89. The second-order valence-electron chi connectivity index (χ2n) is 6.22. The van der Waals surface area contributed by atoms with E-state index in [9.17, 15) is 8.42 Å². The lowest BCUT2D eigenvalue weighted by Gasteiger charge is -2.37. The molecule has 4 nitrogen and oxygen atoms in total. The molecule has 3 rings (SSSR count). The SMILES string of the molecule is Cc1ccc(S(=O)(=O)N=C2CCC[C@](CI)(c3ccccc3)O2)cc1. The first kappa shape index (κ1) is 18.4. The van der Waals surface area contributed by atoms with Crippen molar-refractivity contribution < 1.29 is 13.2 Å². The highest BCUT2D eigenvalue weighted by Gasteiger charge is 2.38. The van der Waals surface area contributed by atoms with Crippen LogP contribution in [-0.2, 0) is 20.4 Å². The van der Waals surface area contributed by atoms with Crippen molar-refractivity contribution in [3.63, 3.8) is 0 Å². The van der Waals surface area contributed by atoms with Crippen LogP contribution in [0.3, 0.4) is 0 Å². The Morgan fingerprint density at radius 3 is 2.44 bits per heavy atom. The van der Waals surface area contributed by atoms with Crippen molar-refractivity contribution >= 4 is 38.5 Å². The number of alkyl halides is 1. The number of benzene rings is 2. The number of nitrogens with zero attached hydrogens (tertiary/aromatic N) is 1. The van der Waals surface area contributed by atoms with Gasteiger partial charge >= 0.3 is 0 Å². The zero-order valence-electron chi connectivity index (χ0n) is 14.0. The third kappa shape index (κ3) is 4.06. The van der Waals surface area contributed by atoms with E-state index in [0.29, 0.717) is 12.3 Å². The molecule has 0 radical (unpaired) electrons. The predicted molar refractivity (Wildman–Crippen MR) is 108 cm³/mol. The number of sulfonamides is 1. The van der Waals surface area contributed by atoms with E-state index < -0.39 is 15.6 Å². The monoisotopic (exact) mass is 469 g/mol. The second kappa shape index (κ2) is 7.45. The van der Waals surface area contributed by atoms with E-state index in [0.717, 1.165) is 28.4 Å². The van der Waals surface area contributed by atoms with Crippen molar-refractivity contribution in [3.05, 3.63) is 65.7 Å². The van der Waals surface area contributed by atoms with Crippen LogP contribution in [0, 0.1) is 6.92 Å². The standard InChI is InChI=1S/C19H20INO3S/c1-15-9-11-17(12-10-15)25(22,23)21-18-8-5-13-19(14-20,24-18)16-6-3-2-4-7-16/h2-4,6-7,9-12H,5,8,13-14H2,1H3/t19-/m0/s1. The minimum atomic E-state index is -3.76. The normalized spacial score (nSPS) is 22.6. The van der Waals surface area contributed by atoms with Crippen LogP contribution in [-0.4, -0.2) is 18.7 Å². The number of hydrogen-bond donors (Lipinski definition) is 0. The highest BCUT2D eigenvalue weighted by Crippen LogP contribution is 2.38. The summed E-state index contributed by atoms with van der Waals surface area (Å²) in [6, 6.07) is 16.7. The molecule has 0 saturated carbocycles. The summed E-state index contributed by atoms with van der Waals surface area (Å²) in [4.78, 5) is 0.194. The third-order valence-electron chi connectivity index (χ3n) is 4.34. The van der Waals surface area contributed by atoms with Gasteiger partial charge in [-0.05, 0) is 37.5 Å². The number of aryl methyl sites for hydroxylation is 1. The Hall–Kier alpha value is -1.41. The summed E-state index contributed by atoms with van der Waals surface area (Å²) < 4.78 is 36.0. The topological polar surface area (TPSA) is 55.7 Å². The van der Waals surface area contributed by atoms with E-state index in [4.69, 9.17) is 4.74 Å². The fraction of sp³-hybridized carbons (Fsp3) is 0.316. The highest BCUT2D eigenvalue weighted by molar-refractivity contribution is 14.1. The van der Waals surface area contributed by atoms with Gasteiger partial charge in [0.05, 0.1) is 4.90 Å². The summed E-state index contributed by atoms with van der Waals surface area (Å²) >= 11 is 2.30. The maximum Gasteiger partial charge on any atom is 0.285 e. The van der Waals surface area contributed by atoms with E-state index >= 15 is 0 Å². The van der Waals surface area contributed by atoms with Crippen LogP contribution in [0.1, 0.15) is 30.4 Å². The van der Waals surface area contributed by atoms with Gasteiger partial charge in [0, 0.05) is 10.8 Å². The molecule has 0 spiro atoms. The largest absolute Gasteiger partial charge is 0.468 e. The highest BCUT2D eigenvalue weighted by atomic mass is 127. The summed E-state index contributed by atoms with van der Waals surface area (Å²) in [7, 11) is -3.76. The lowest BCUT2D eigenvalue weighted by atomic mass is 9.88. The summed E-state index contributed by atoms with van der Waals surface area (Å²) in [6.45, 7) is 1.92. The maximum absolute atomic E-state index is 12.6. The fourth-order valence-electron chi connectivity index (χ4n) is 2.93. The zero-order valence-corrected chi connectivity index (χ0v) is 17.0. The van der Waals surface area contributed by atoms with Crippen molar-refractivity contribution in [2.75, 3.05) is 4.43 Å². The first-order valence-electron chi connectivity index (χ1n) is 8.16. The van der Waals surface area contributed by atoms with Crippen LogP contribution < -0.4 is 0 Å². The van der Waals surface area contributed by atoms with Crippen molar-refractivity contribution in [3.8, 4) is 0 Å². The molecule has 1 atom stereocenters. The summed E-state index contributed by atoms with van der Waals surface area (Å²) in [6.07, 6.45) is 2.24. The summed E-state index contributed by atoms with van der Waals surface area (Å²) in [5.74, 6) is 0.298. The molecule has 0 unspecified atom stereocenters. The average molecular weight is 469 g/mol. The fourth-order valence-corrected chi connectivity index (χ4v) is 4.89. The first-order chi connectivity index (χ1) is 12.0. The van der Waals surface area contributed by atoms with Crippen molar-refractivity contribution in [2.24, 2.45) is 4.40 Å². The van der Waals surface area contributed by atoms with Gasteiger partial charge in [-0.25, -0.2) is 0 Å². The summed E-state index contributed by atoms with van der Waals surface area (Å²) in [5.41, 5.74) is 1.56. The molecular weight excluding hydrogens is 449 g/mol. The van der Waals surface area contributed by atoms with Crippen molar-refractivity contribution in [2.45, 2.75) is 36.7 Å². The molecule has 0 bridgehead atoms. The van der Waals surface area contributed by atoms with Crippen LogP contribution in [0.15, 0.2) is 63.9 Å². The molecule has 1 saturated heterocycles. The molecule has 0 amide bonds. The Labute approximate surface area is 162 Å². The Morgan fingerprint density at radius 2 is 1.80 bits per heavy atom. The second-order valence-corrected chi connectivity index (χ2v) is 8.59. The lowest BCUT2D eigenvalue weighted by Crippen LogP contribution is -2.38. The van der Waals surface area contributed by atoms with Crippen molar-refractivity contribution in [1.29, 1.82) is 0 Å². The van der Waals surface area contributed by atoms with Gasteiger partial charge < -0.3 is 4.74 Å². The van der Waals surface area contributed by atoms with Gasteiger partial charge in [-0.2, -0.15) is 8.42 Å². The molecule has 2 aromatic carbocycles. The predicted octanol–water partition coefficient (Wildman–Crippen LogP) is 4.61. The molecule has 2 aromatic rings. The van der Waals surface area contributed by atoms with E-state index in [2.05, 4.69) is 27.0 Å². The van der Waals surface area contributed by atoms with Gasteiger partial charge in [0.1, 0.15) is 5.60 Å². The molecule has 0 N–H and O–H groups in total. The molecular formula is C19H20INO3S. The molecule has 0 aliphatic carbocycles. The number of hydrogen-bond acceptors (Lipinski definition) is 3. The number of ether oxygens (including phenoxy) is 1. The van der Waals surface area contributed by atoms with Gasteiger partial charge in [-0.3, -0.25) is 0 Å². The van der Waals surface area contributed by atoms with E-state index in [1.54, 1.807) is 24.3 Å². The Kier molecular flexibility index (Phi) is 5.48. The van der Waals surface area contributed by atoms with Crippen LogP contribution in [0.4, 0.5) is 0 Å². The molecule has 1 fully saturated rings. The van der Waals surface area contributed by atoms with Crippen molar-refractivity contribution in [1.82, 2.24) is 0 Å². The molecule has 6 heteroatoms. The quantitative estimate of drug-likeness (QED) is 0.486. The van der Waals surface area contributed by atoms with E-state index in [-0.39, 0.29) is 4.90 Å². The molecule has 0 aromatic heterocycles. The Balaban J connectivity index is 1.92. The molecule has 1 aliphatic heterocycles. The molecule has 25 heavy (non-hydrogen) atoms. The van der Waals surface area contributed by atoms with Gasteiger partial charge in [0.15, 0.2) is 0 Å². The minimum Gasteiger partial charge on any atom is -0.468 e. The zero-order chi connectivity index (χ0) is 17.9. The van der Waals surface area contributed by atoms with Crippen LogP contribution >= 0.6 is 22.6 Å². The molecule has 132 valence electrons. The van der Waals surface area contributed by atoms with Crippen LogP contribution in [0.2, 0.25) is 0 Å². The average Bonchev–Trinajstić information content (AvgIpc) is 2.62. The molecule has 1 aliphatic rings. The smallest absolute Gasteiger partial charge is 0.285 e. The number of rotatable bonds is 4. The Morgan fingerprint density at radius 1 is 1.12 bits per heavy atom. The maximum atomic E-state index is 12.6. The van der Waals surface area contributed by atoms with E-state index in [1.807, 2.05) is 37.3 Å². The van der Waals surface area contributed by atoms with Gasteiger partial charge in [-0.1, -0.05) is 70.6 Å².